The average Bonchev–Trinajstić information content (AvgIpc) is 1.58. The average molecular weight is 1230 g/mol. The standard InChI is InChI=1S/C56H92O29/c1-21(19-75-48-42(70)38(66)35(63)29(15-57)78-48)7-12-56(74)22(2)33-28(85-56)14-55(73)26-6-5-23-13-24(8-10-53(23,3)25(26)9-11-54(33,55)4)77-50-44(72)40(68)45(32(18-60)81-50)82-52-47(84-51-43(71)39(67)36(64)30(16-58)79-51)46(37(65)31(17-59)80-52)83-49-41(69)34(62)27(61)20-76-49/h5,21-22,24-52,57-74H,6-20H2,1-4H3/t21-,22-,24-,25-,26+,27+,28-,29+,30+,31+,32+,33-,34-,35+,36+,37+,38-,39-,40+,41+,42+,43+,44+,45-,46-,47+,48+,49-,50+,51-,52-,53-,54+,55+,56+/m0/s1. The Morgan fingerprint density at radius 2 is 1.13 bits per heavy atom. The highest BCUT2D eigenvalue weighted by atomic mass is 16.8. The molecule has 6 aliphatic heterocycles. The van der Waals surface area contributed by atoms with Gasteiger partial charge >= 0.3 is 0 Å². The number of hydrogen-bond donors (Lipinski definition) is 18. The lowest BCUT2D eigenvalue weighted by atomic mass is 9.45. The van der Waals surface area contributed by atoms with Gasteiger partial charge in [0, 0.05) is 30.1 Å². The van der Waals surface area contributed by atoms with Crippen LogP contribution in [0.1, 0.15) is 85.5 Å². The molecule has 0 bridgehead atoms. The predicted molar refractivity (Wildman–Crippen MR) is 280 cm³/mol. The van der Waals surface area contributed by atoms with Gasteiger partial charge in [-0.05, 0) is 68.1 Å². The number of hydrogen-bond acceptors (Lipinski definition) is 29. The highest BCUT2D eigenvalue weighted by Crippen LogP contribution is 2.72. The Labute approximate surface area is 491 Å². The summed E-state index contributed by atoms with van der Waals surface area (Å²) in [5.41, 5.74) is -0.958. The molecule has 35 atom stereocenters. The number of fused-ring (bicyclic) bond motifs is 7. The zero-order valence-electron chi connectivity index (χ0n) is 48.1. The summed E-state index contributed by atoms with van der Waals surface area (Å²) in [5.74, 6) is -2.19. The van der Waals surface area contributed by atoms with Gasteiger partial charge in [0.1, 0.15) is 116 Å². The summed E-state index contributed by atoms with van der Waals surface area (Å²) in [5, 5.41) is 195. The Morgan fingerprint density at radius 1 is 0.576 bits per heavy atom. The molecule has 0 amide bonds. The van der Waals surface area contributed by atoms with E-state index in [0.29, 0.717) is 44.9 Å². The van der Waals surface area contributed by atoms with E-state index in [2.05, 4.69) is 19.9 Å². The molecule has 0 radical (unpaired) electrons. The second-order valence-corrected chi connectivity index (χ2v) is 26.3. The highest BCUT2D eigenvalue weighted by Gasteiger charge is 2.74. The molecule has 10 aliphatic rings. The quantitative estimate of drug-likeness (QED) is 0.0568. The van der Waals surface area contributed by atoms with E-state index in [1.165, 1.54) is 0 Å². The second kappa shape index (κ2) is 25.9. The Balaban J connectivity index is 0.782. The van der Waals surface area contributed by atoms with E-state index in [0.717, 1.165) is 12.0 Å². The molecule has 4 aliphatic carbocycles. The van der Waals surface area contributed by atoms with Crippen LogP contribution in [-0.4, -0.2) is 303 Å². The normalized spacial score (nSPS) is 54.8. The Morgan fingerprint density at radius 3 is 1.79 bits per heavy atom. The molecule has 6 heterocycles. The lowest BCUT2D eigenvalue weighted by Crippen LogP contribution is -2.68. The van der Waals surface area contributed by atoms with E-state index in [1.54, 1.807) is 0 Å². The first-order valence-electron chi connectivity index (χ1n) is 30.1. The number of ether oxygens (including phenoxy) is 11. The van der Waals surface area contributed by atoms with Crippen LogP contribution < -0.4 is 0 Å². The van der Waals surface area contributed by atoms with Gasteiger partial charge in [0.2, 0.25) is 0 Å². The fraction of sp³-hybridized carbons (Fsp3) is 0.964. The third kappa shape index (κ3) is 11.9. The summed E-state index contributed by atoms with van der Waals surface area (Å²) in [7, 11) is 0. The molecule has 29 nitrogen and oxygen atoms in total. The smallest absolute Gasteiger partial charge is 0.187 e. The number of aliphatic hydroxyl groups excluding tert-OH is 16. The maximum absolute atomic E-state index is 13.1. The third-order valence-electron chi connectivity index (χ3n) is 21.4. The topological polar surface area (TPSA) is 466 Å². The Bertz CT molecular complexity index is 2250. The first kappa shape index (κ1) is 66.5. The van der Waals surface area contributed by atoms with Gasteiger partial charge in [-0.2, -0.15) is 0 Å². The highest BCUT2D eigenvalue weighted by molar-refractivity contribution is 5.29. The van der Waals surface area contributed by atoms with Crippen molar-refractivity contribution in [1.82, 2.24) is 0 Å². The molecule has 490 valence electrons. The summed E-state index contributed by atoms with van der Waals surface area (Å²) in [6.45, 7) is 4.55. The van der Waals surface area contributed by atoms with Crippen molar-refractivity contribution in [2.45, 2.75) is 257 Å². The van der Waals surface area contributed by atoms with Crippen LogP contribution >= 0.6 is 0 Å². The van der Waals surface area contributed by atoms with E-state index in [4.69, 9.17) is 52.1 Å². The monoisotopic (exact) mass is 1230 g/mol. The van der Waals surface area contributed by atoms with Gasteiger partial charge < -0.3 is 144 Å². The van der Waals surface area contributed by atoms with Gasteiger partial charge in [-0.15, -0.1) is 0 Å². The minimum Gasteiger partial charge on any atom is -0.394 e. The SMILES string of the molecule is C[C@@H](CC[C@@]1(O)O[C@H]2C[C@@]3(O)[C@@H]4CC=C5C[C@@H](O[C@@H]6O[C@H](CO)[C@H](O[C@@H]7O[C@H](CO)[C@@H](O)[C@H](O[C@@H]8OC[C@@H](O)[C@H](O)[C@H]8O)[C@H]7O[C@@H]7O[C@H](CO)[C@@H](O)[C@H](O)[C@H]7O)[C@H](O)[C@H]6O)CC[C@]5(C)[C@H]4CC[C@]3(C)[C@H]2[C@@H]1C)CO[C@@H]1O[C@H](CO)[C@@H](O)[C@H](O)[C@H]1O. The van der Waals surface area contributed by atoms with Crippen LogP contribution in [-0.2, 0) is 52.1 Å². The van der Waals surface area contributed by atoms with E-state index >= 15 is 0 Å². The van der Waals surface area contributed by atoms with Gasteiger partial charge in [-0.25, -0.2) is 0 Å². The zero-order valence-corrected chi connectivity index (χ0v) is 48.1. The molecular weight excluding hydrogens is 1140 g/mol. The van der Waals surface area contributed by atoms with Gasteiger partial charge in [0.25, 0.3) is 0 Å². The molecule has 9 fully saturated rings. The van der Waals surface area contributed by atoms with Crippen molar-refractivity contribution in [2.75, 3.05) is 39.6 Å². The number of rotatable bonds is 18. The summed E-state index contributed by atoms with van der Waals surface area (Å²) < 4.78 is 65.5. The first-order valence-corrected chi connectivity index (χ1v) is 30.1. The molecule has 0 aromatic heterocycles. The third-order valence-corrected chi connectivity index (χ3v) is 21.4. The van der Waals surface area contributed by atoms with E-state index in [1.807, 2.05) is 13.8 Å². The lowest BCUT2D eigenvalue weighted by Gasteiger charge is -2.61. The van der Waals surface area contributed by atoms with Crippen molar-refractivity contribution >= 4 is 0 Å². The van der Waals surface area contributed by atoms with E-state index in [9.17, 15) is 91.9 Å². The molecule has 6 saturated heterocycles. The van der Waals surface area contributed by atoms with Crippen molar-refractivity contribution in [3.8, 4) is 0 Å². The van der Waals surface area contributed by atoms with Crippen molar-refractivity contribution in [3.05, 3.63) is 11.6 Å². The Hall–Kier alpha value is -1.42. The predicted octanol–water partition coefficient (Wildman–Crippen LogP) is -6.46. The largest absolute Gasteiger partial charge is 0.394 e. The first-order chi connectivity index (χ1) is 40.2. The molecule has 0 spiro atoms. The lowest BCUT2D eigenvalue weighted by molar-refractivity contribution is -0.403. The molecule has 0 aromatic carbocycles. The molecule has 85 heavy (non-hydrogen) atoms. The number of aliphatic hydroxyl groups is 18. The molecular formula is C56H92O29. The Kier molecular flexibility index (Phi) is 20.3. The maximum atomic E-state index is 13.1. The summed E-state index contributed by atoms with van der Waals surface area (Å²) >= 11 is 0. The van der Waals surface area contributed by atoms with Crippen molar-refractivity contribution in [2.24, 2.45) is 40.4 Å². The van der Waals surface area contributed by atoms with Crippen LogP contribution in [0.3, 0.4) is 0 Å². The second-order valence-electron chi connectivity index (χ2n) is 26.3. The molecule has 29 heteroatoms. The van der Waals surface area contributed by atoms with E-state index in [-0.39, 0.29) is 48.0 Å². The van der Waals surface area contributed by atoms with Crippen molar-refractivity contribution in [3.63, 3.8) is 0 Å². The molecule has 3 saturated carbocycles. The van der Waals surface area contributed by atoms with Crippen LogP contribution in [0.15, 0.2) is 11.6 Å². The summed E-state index contributed by atoms with van der Waals surface area (Å²) in [6, 6.07) is 0. The molecule has 0 unspecified atom stereocenters. The van der Waals surface area contributed by atoms with Gasteiger partial charge in [-0.1, -0.05) is 39.3 Å². The van der Waals surface area contributed by atoms with Crippen LogP contribution in [0.25, 0.3) is 0 Å². The fourth-order valence-corrected chi connectivity index (χ4v) is 16.2. The minimum atomic E-state index is -2.04. The van der Waals surface area contributed by atoms with E-state index < -0.39 is 209 Å². The van der Waals surface area contributed by atoms with Crippen LogP contribution in [0.5, 0.6) is 0 Å². The van der Waals surface area contributed by atoms with Crippen LogP contribution in [0.4, 0.5) is 0 Å². The van der Waals surface area contributed by atoms with Crippen molar-refractivity contribution < 1.29 is 144 Å². The van der Waals surface area contributed by atoms with Crippen LogP contribution in [0.2, 0.25) is 0 Å². The van der Waals surface area contributed by atoms with Gasteiger partial charge in [0.15, 0.2) is 37.2 Å². The van der Waals surface area contributed by atoms with Gasteiger partial charge in [-0.3, -0.25) is 0 Å². The zero-order chi connectivity index (χ0) is 61.6. The summed E-state index contributed by atoms with van der Waals surface area (Å²) in [6.07, 6.45) is -35.1. The minimum absolute atomic E-state index is 0.0749. The number of allylic oxidation sites excluding steroid dienone is 1. The molecule has 18 N–H and O–H groups in total. The molecule has 10 rings (SSSR count). The maximum Gasteiger partial charge on any atom is 0.187 e. The summed E-state index contributed by atoms with van der Waals surface area (Å²) in [4.78, 5) is 0. The van der Waals surface area contributed by atoms with Crippen LogP contribution in [0, 0.1) is 40.4 Å². The molecule has 0 aromatic rings. The van der Waals surface area contributed by atoms with Gasteiger partial charge in [0.05, 0.1) is 57.5 Å². The van der Waals surface area contributed by atoms with Crippen molar-refractivity contribution in [1.29, 1.82) is 0 Å². The fourth-order valence-electron chi connectivity index (χ4n) is 16.2.